The van der Waals surface area contributed by atoms with Crippen molar-refractivity contribution in [3.05, 3.63) is 16.8 Å². The number of carbonyl (C=O) groups excluding carboxylic acids is 1. The second kappa shape index (κ2) is 9.95. The van der Waals surface area contributed by atoms with Crippen LogP contribution in [-0.2, 0) is 17.6 Å². The minimum atomic E-state index is 0.225. The lowest BCUT2D eigenvalue weighted by atomic mass is 9.92. The standard InChI is InChI=1S/C23H33N3OS3/c27-20(9-4-1-6-15-10-13-28-30-15)24-11-5-12-25-22-16-7-2-3-8-18(16)26-23-21(22)17-14-19(17)29-23/h15,17,19H,1-14H2,(H,24,27)(H,25,26). The Kier molecular flexibility index (Phi) is 7.07. The third-order valence-corrected chi connectivity index (χ3v) is 11.1. The summed E-state index contributed by atoms with van der Waals surface area (Å²) >= 11 is 2.01. The molecule has 7 heteroatoms. The van der Waals surface area contributed by atoms with Crippen LogP contribution in [0.5, 0.6) is 0 Å². The smallest absolute Gasteiger partial charge is 0.219 e. The molecule has 164 valence electrons. The zero-order chi connectivity index (χ0) is 20.3. The molecule has 4 nitrogen and oxygen atoms in total. The van der Waals surface area contributed by atoms with Gasteiger partial charge in [-0.2, -0.15) is 0 Å². The van der Waals surface area contributed by atoms with E-state index in [0.717, 1.165) is 48.8 Å². The van der Waals surface area contributed by atoms with Crippen molar-refractivity contribution in [2.75, 3.05) is 24.2 Å². The highest BCUT2D eigenvalue weighted by molar-refractivity contribution is 8.77. The summed E-state index contributed by atoms with van der Waals surface area (Å²) < 4.78 is 0. The maximum Gasteiger partial charge on any atom is 0.219 e. The third kappa shape index (κ3) is 4.93. The van der Waals surface area contributed by atoms with Crippen molar-refractivity contribution in [2.45, 2.75) is 92.1 Å². The van der Waals surface area contributed by atoms with Crippen LogP contribution < -0.4 is 10.6 Å². The molecule has 2 aliphatic carbocycles. The van der Waals surface area contributed by atoms with E-state index in [1.807, 2.05) is 33.3 Å². The van der Waals surface area contributed by atoms with Gasteiger partial charge in [-0.25, -0.2) is 4.98 Å². The molecule has 30 heavy (non-hydrogen) atoms. The molecule has 0 radical (unpaired) electrons. The number of amides is 1. The highest BCUT2D eigenvalue weighted by Crippen LogP contribution is 2.62. The molecule has 3 unspecified atom stereocenters. The Hall–Kier alpha value is -0.530. The number of anilines is 1. The fraction of sp³-hybridized carbons (Fsp3) is 0.739. The van der Waals surface area contributed by atoms with Gasteiger partial charge in [-0.05, 0) is 63.4 Å². The first-order valence-electron chi connectivity index (χ1n) is 11.8. The van der Waals surface area contributed by atoms with Gasteiger partial charge in [0.25, 0.3) is 0 Å². The Balaban J connectivity index is 1.04. The van der Waals surface area contributed by atoms with Gasteiger partial charge in [0, 0.05) is 58.6 Å². The molecular weight excluding hydrogens is 430 g/mol. The number of aromatic nitrogens is 1. The van der Waals surface area contributed by atoms with Crippen molar-refractivity contribution in [1.82, 2.24) is 10.3 Å². The van der Waals surface area contributed by atoms with Crippen LogP contribution in [0.4, 0.5) is 5.69 Å². The summed E-state index contributed by atoms with van der Waals surface area (Å²) in [5, 5.41) is 9.83. The van der Waals surface area contributed by atoms with Gasteiger partial charge in [-0.15, -0.1) is 11.8 Å². The van der Waals surface area contributed by atoms with Crippen LogP contribution in [0, 0.1) is 0 Å². The molecule has 0 aromatic carbocycles. The molecule has 2 N–H and O–H groups in total. The van der Waals surface area contributed by atoms with Crippen molar-refractivity contribution in [3.8, 4) is 0 Å². The maximum atomic E-state index is 12.1. The average molecular weight is 464 g/mol. The Morgan fingerprint density at radius 2 is 2.07 bits per heavy atom. The van der Waals surface area contributed by atoms with Crippen LogP contribution in [0.2, 0.25) is 0 Å². The molecule has 1 saturated carbocycles. The first-order valence-corrected chi connectivity index (χ1v) is 15.1. The molecule has 0 spiro atoms. The number of pyridine rings is 1. The van der Waals surface area contributed by atoms with E-state index in [1.54, 1.807) is 0 Å². The molecule has 1 aromatic rings. The summed E-state index contributed by atoms with van der Waals surface area (Å²) in [5.41, 5.74) is 5.78. The fourth-order valence-electron chi connectivity index (χ4n) is 4.96. The van der Waals surface area contributed by atoms with Crippen LogP contribution in [0.1, 0.15) is 80.5 Å². The molecule has 1 saturated heterocycles. The molecule has 3 heterocycles. The van der Waals surface area contributed by atoms with Gasteiger partial charge in [0.1, 0.15) is 5.03 Å². The third-order valence-electron chi connectivity index (χ3n) is 6.73. The van der Waals surface area contributed by atoms with E-state index in [0.29, 0.717) is 6.42 Å². The first kappa shape index (κ1) is 21.3. The predicted octanol–water partition coefficient (Wildman–Crippen LogP) is 5.55. The molecule has 5 rings (SSSR count). The van der Waals surface area contributed by atoms with Gasteiger partial charge >= 0.3 is 0 Å². The molecule has 1 aromatic heterocycles. The first-order chi connectivity index (χ1) is 14.8. The second-order valence-corrected chi connectivity index (χ2v) is 13.1. The zero-order valence-electron chi connectivity index (χ0n) is 17.7. The number of rotatable bonds is 10. The monoisotopic (exact) mass is 463 g/mol. The molecule has 0 bridgehead atoms. The van der Waals surface area contributed by atoms with Crippen LogP contribution in [0.3, 0.4) is 0 Å². The molecular formula is C23H33N3OS3. The average Bonchev–Trinajstić information content (AvgIpc) is 3.16. The largest absolute Gasteiger partial charge is 0.384 e. The number of carbonyl (C=O) groups is 1. The van der Waals surface area contributed by atoms with Gasteiger partial charge in [0.05, 0.1) is 0 Å². The van der Waals surface area contributed by atoms with E-state index in [-0.39, 0.29) is 5.91 Å². The van der Waals surface area contributed by atoms with Gasteiger partial charge in [0.2, 0.25) is 5.91 Å². The van der Waals surface area contributed by atoms with Crippen LogP contribution in [-0.4, -0.2) is 40.2 Å². The summed E-state index contributed by atoms with van der Waals surface area (Å²) in [6.45, 7) is 1.71. The Morgan fingerprint density at radius 3 is 2.97 bits per heavy atom. The maximum absolute atomic E-state index is 12.1. The van der Waals surface area contributed by atoms with Crippen LogP contribution in [0.15, 0.2) is 5.03 Å². The SMILES string of the molecule is O=C(CCCCC1CCSS1)NCCCNc1c2c(nc3c1C1CC1S3)CCCC2. The van der Waals surface area contributed by atoms with E-state index in [4.69, 9.17) is 4.98 Å². The fourth-order valence-corrected chi connectivity index (χ4v) is 9.42. The van der Waals surface area contributed by atoms with E-state index in [9.17, 15) is 4.79 Å². The van der Waals surface area contributed by atoms with Crippen molar-refractivity contribution < 1.29 is 4.79 Å². The van der Waals surface area contributed by atoms with Gasteiger partial charge < -0.3 is 10.6 Å². The molecule has 1 amide bonds. The Labute approximate surface area is 192 Å². The molecule has 2 aliphatic heterocycles. The highest BCUT2D eigenvalue weighted by atomic mass is 33.1. The highest BCUT2D eigenvalue weighted by Gasteiger charge is 2.49. The lowest BCUT2D eigenvalue weighted by Crippen LogP contribution is -2.25. The zero-order valence-corrected chi connectivity index (χ0v) is 20.2. The summed E-state index contributed by atoms with van der Waals surface area (Å²) in [6.07, 6.45) is 12.7. The summed E-state index contributed by atoms with van der Waals surface area (Å²) in [7, 11) is 4.04. The molecule has 3 atom stereocenters. The normalized spacial score (nSPS) is 26.1. The topological polar surface area (TPSA) is 54.0 Å². The number of hydrogen-bond acceptors (Lipinski definition) is 6. The van der Waals surface area contributed by atoms with E-state index < -0.39 is 0 Å². The van der Waals surface area contributed by atoms with Crippen molar-refractivity contribution in [3.63, 3.8) is 0 Å². The summed E-state index contributed by atoms with van der Waals surface area (Å²) in [6, 6.07) is 0. The van der Waals surface area contributed by atoms with Crippen molar-refractivity contribution in [1.29, 1.82) is 0 Å². The van der Waals surface area contributed by atoms with Gasteiger partial charge in [0.15, 0.2) is 0 Å². The summed E-state index contributed by atoms with van der Waals surface area (Å²) in [4.78, 5) is 17.1. The van der Waals surface area contributed by atoms with Gasteiger partial charge in [-0.3, -0.25) is 4.79 Å². The van der Waals surface area contributed by atoms with E-state index in [1.165, 1.54) is 78.2 Å². The minimum Gasteiger partial charge on any atom is -0.384 e. The summed E-state index contributed by atoms with van der Waals surface area (Å²) in [5.74, 6) is 2.27. The second-order valence-electron chi connectivity index (χ2n) is 9.04. The van der Waals surface area contributed by atoms with Crippen molar-refractivity contribution >= 4 is 44.9 Å². The number of thioether (sulfide) groups is 1. The number of hydrogen-bond donors (Lipinski definition) is 2. The number of unbranched alkanes of at least 4 members (excludes halogenated alkanes) is 1. The number of nitrogens with one attached hydrogen (secondary N) is 2. The van der Waals surface area contributed by atoms with Gasteiger partial charge in [-0.1, -0.05) is 28.0 Å². The lowest BCUT2D eigenvalue weighted by molar-refractivity contribution is -0.121. The lowest BCUT2D eigenvalue weighted by Gasteiger charge is -2.23. The van der Waals surface area contributed by atoms with Crippen LogP contribution >= 0.6 is 33.3 Å². The Bertz CT molecular complexity index is 781. The molecule has 4 aliphatic rings. The molecule has 2 fully saturated rings. The van der Waals surface area contributed by atoms with Crippen molar-refractivity contribution in [2.24, 2.45) is 0 Å². The number of nitrogens with zero attached hydrogens (tertiary/aromatic N) is 1. The number of fused-ring (bicyclic) bond motifs is 4. The van der Waals surface area contributed by atoms with E-state index in [2.05, 4.69) is 10.6 Å². The van der Waals surface area contributed by atoms with Crippen LogP contribution in [0.25, 0.3) is 0 Å². The Morgan fingerprint density at radius 1 is 1.13 bits per heavy atom. The quantitative estimate of drug-likeness (QED) is 0.350. The number of aryl methyl sites for hydroxylation is 1. The minimum absolute atomic E-state index is 0.225. The van der Waals surface area contributed by atoms with E-state index >= 15 is 0 Å². The predicted molar refractivity (Wildman–Crippen MR) is 131 cm³/mol.